The number of rotatable bonds is 4. The van der Waals surface area contributed by atoms with Crippen LogP contribution in [0.25, 0.3) is 5.76 Å². The number of Topliss-reactive ketones (excluding diaryl/α,β-unsaturated/α-hetero) is 1. The molecule has 1 atom stereocenters. The number of ketones is 1. The highest BCUT2D eigenvalue weighted by Crippen LogP contribution is 2.42. The van der Waals surface area contributed by atoms with Gasteiger partial charge in [0.05, 0.1) is 16.5 Å². The standard InChI is InChI=1S/C24H17FN2O5/c1-14-5-7-15(8-6-14)22(28)20-21(16-3-2-4-19(13-16)27(31)32)26(24(30)23(20)29)18-11-9-17(25)10-12-18/h2-13,21,28H,1H3/t21-/m1/s1. The van der Waals surface area contributed by atoms with Gasteiger partial charge in [-0.15, -0.1) is 0 Å². The fourth-order valence-electron chi connectivity index (χ4n) is 3.69. The fourth-order valence-corrected chi connectivity index (χ4v) is 3.69. The average Bonchev–Trinajstić information content (AvgIpc) is 3.05. The molecule has 0 unspecified atom stereocenters. The van der Waals surface area contributed by atoms with E-state index in [2.05, 4.69) is 0 Å². The zero-order chi connectivity index (χ0) is 23.0. The molecule has 0 radical (unpaired) electrons. The molecule has 1 saturated heterocycles. The summed E-state index contributed by atoms with van der Waals surface area (Å²) in [4.78, 5) is 37.9. The SMILES string of the molecule is Cc1ccc(C(O)=C2C(=O)C(=O)N(c3ccc(F)cc3)[C@@H]2c2cccc([N+](=O)[O-])c2)cc1. The Morgan fingerprint density at radius 2 is 1.69 bits per heavy atom. The number of benzene rings is 3. The largest absolute Gasteiger partial charge is 0.507 e. The van der Waals surface area contributed by atoms with Crippen LogP contribution in [0.3, 0.4) is 0 Å². The minimum atomic E-state index is -1.14. The van der Waals surface area contributed by atoms with Gasteiger partial charge in [0, 0.05) is 23.4 Å². The van der Waals surface area contributed by atoms with E-state index in [0.717, 1.165) is 22.6 Å². The number of anilines is 1. The van der Waals surface area contributed by atoms with E-state index in [9.17, 15) is 29.2 Å². The number of hydrogen-bond donors (Lipinski definition) is 1. The molecule has 3 aromatic rings. The van der Waals surface area contributed by atoms with Gasteiger partial charge in [0.15, 0.2) is 0 Å². The molecule has 32 heavy (non-hydrogen) atoms. The van der Waals surface area contributed by atoms with E-state index in [1.165, 1.54) is 36.4 Å². The molecule has 1 aliphatic heterocycles. The maximum absolute atomic E-state index is 13.5. The minimum absolute atomic E-state index is 0.205. The maximum Gasteiger partial charge on any atom is 0.300 e. The summed E-state index contributed by atoms with van der Waals surface area (Å²) in [5, 5.41) is 22.3. The molecule has 3 aromatic carbocycles. The molecule has 0 bridgehead atoms. The Morgan fingerprint density at radius 1 is 1.03 bits per heavy atom. The molecule has 0 aromatic heterocycles. The highest BCUT2D eigenvalue weighted by atomic mass is 19.1. The van der Waals surface area contributed by atoms with Gasteiger partial charge in [-0.1, -0.05) is 42.0 Å². The van der Waals surface area contributed by atoms with Crippen molar-refractivity contribution in [2.45, 2.75) is 13.0 Å². The van der Waals surface area contributed by atoms with Crippen LogP contribution in [0.1, 0.15) is 22.7 Å². The smallest absolute Gasteiger partial charge is 0.300 e. The van der Waals surface area contributed by atoms with Crippen LogP contribution in [0.4, 0.5) is 15.8 Å². The Kier molecular flexibility index (Phi) is 5.28. The monoisotopic (exact) mass is 432 g/mol. The van der Waals surface area contributed by atoms with Crippen LogP contribution in [0, 0.1) is 22.9 Å². The Balaban J connectivity index is 1.96. The van der Waals surface area contributed by atoms with E-state index in [0.29, 0.717) is 5.56 Å². The van der Waals surface area contributed by atoms with Crippen molar-refractivity contribution in [1.82, 2.24) is 0 Å². The Hall–Kier alpha value is -4.33. The Bertz CT molecular complexity index is 1270. The molecule has 0 saturated carbocycles. The normalized spacial score (nSPS) is 17.6. The molecule has 4 rings (SSSR count). The second kappa shape index (κ2) is 8.07. The molecule has 0 spiro atoms. The number of carbonyl (C=O) groups excluding carboxylic acids is 2. The number of aliphatic hydroxyl groups is 1. The lowest BCUT2D eigenvalue weighted by Gasteiger charge is -2.25. The van der Waals surface area contributed by atoms with Crippen LogP contribution >= 0.6 is 0 Å². The van der Waals surface area contributed by atoms with Crippen molar-refractivity contribution >= 4 is 28.8 Å². The molecular formula is C24H17FN2O5. The number of aryl methyl sites for hydroxylation is 1. The van der Waals surface area contributed by atoms with Gasteiger partial charge in [-0.2, -0.15) is 0 Å². The van der Waals surface area contributed by atoms with Gasteiger partial charge in [0.1, 0.15) is 11.6 Å². The van der Waals surface area contributed by atoms with Crippen molar-refractivity contribution in [3.8, 4) is 0 Å². The molecule has 0 aliphatic carbocycles. The van der Waals surface area contributed by atoms with Crippen molar-refractivity contribution in [2.24, 2.45) is 0 Å². The molecule has 1 N–H and O–H groups in total. The van der Waals surface area contributed by atoms with Gasteiger partial charge in [-0.05, 0) is 36.8 Å². The van der Waals surface area contributed by atoms with E-state index in [1.54, 1.807) is 24.3 Å². The number of nitro benzene ring substituents is 1. The second-order valence-electron chi connectivity index (χ2n) is 7.36. The number of aliphatic hydroxyl groups excluding tert-OH is 1. The number of nitrogens with zero attached hydrogens (tertiary/aromatic N) is 2. The summed E-state index contributed by atoms with van der Waals surface area (Å²) in [6.07, 6.45) is 0. The van der Waals surface area contributed by atoms with E-state index in [-0.39, 0.29) is 22.5 Å². The summed E-state index contributed by atoms with van der Waals surface area (Å²) in [5.74, 6) is -2.80. The van der Waals surface area contributed by atoms with E-state index < -0.39 is 34.2 Å². The number of nitro groups is 1. The topological polar surface area (TPSA) is 101 Å². The molecule has 160 valence electrons. The van der Waals surface area contributed by atoms with Crippen molar-refractivity contribution in [2.75, 3.05) is 4.90 Å². The van der Waals surface area contributed by atoms with Crippen LogP contribution in [-0.4, -0.2) is 21.7 Å². The van der Waals surface area contributed by atoms with Gasteiger partial charge in [-0.3, -0.25) is 24.6 Å². The average molecular weight is 432 g/mol. The lowest BCUT2D eigenvalue weighted by Crippen LogP contribution is -2.29. The summed E-state index contributed by atoms with van der Waals surface area (Å²) in [6.45, 7) is 1.86. The molecular weight excluding hydrogens is 415 g/mol. The molecule has 1 heterocycles. The minimum Gasteiger partial charge on any atom is -0.507 e. The zero-order valence-electron chi connectivity index (χ0n) is 16.9. The number of non-ortho nitro benzene ring substituents is 1. The third-order valence-electron chi connectivity index (χ3n) is 5.27. The third-order valence-corrected chi connectivity index (χ3v) is 5.27. The summed E-state index contributed by atoms with van der Waals surface area (Å²) < 4.78 is 13.5. The molecule has 8 heteroatoms. The predicted molar refractivity (Wildman–Crippen MR) is 115 cm³/mol. The first-order valence-electron chi connectivity index (χ1n) is 9.66. The number of amides is 1. The zero-order valence-corrected chi connectivity index (χ0v) is 16.9. The Morgan fingerprint density at radius 3 is 2.31 bits per heavy atom. The van der Waals surface area contributed by atoms with Gasteiger partial charge < -0.3 is 5.11 Å². The highest BCUT2D eigenvalue weighted by Gasteiger charge is 2.47. The van der Waals surface area contributed by atoms with Gasteiger partial charge in [0.25, 0.3) is 17.4 Å². The van der Waals surface area contributed by atoms with Crippen LogP contribution in [0.15, 0.2) is 78.4 Å². The number of halogens is 1. The van der Waals surface area contributed by atoms with Gasteiger partial charge in [0.2, 0.25) is 0 Å². The van der Waals surface area contributed by atoms with Gasteiger partial charge in [-0.25, -0.2) is 4.39 Å². The van der Waals surface area contributed by atoms with Crippen molar-refractivity contribution in [1.29, 1.82) is 0 Å². The lowest BCUT2D eigenvalue weighted by atomic mass is 9.94. The van der Waals surface area contributed by atoms with Crippen molar-refractivity contribution in [3.63, 3.8) is 0 Å². The first-order valence-corrected chi connectivity index (χ1v) is 9.66. The van der Waals surface area contributed by atoms with E-state index in [4.69, 9.17) is 0 Å². The van der Waals surface area contributed by atoms with Crippen molar-refractivity contribution < 1.29 is 24.0 Å². The quantitative estimate of drug-likeness (QED) is 0.212. The summed E-state index contributed by atoms with van der Waals surface area (Å²) in [6, 6.07) is 16.0. The van der Waals surface area contributed by atoms with Crippen LogP contribution in [0.2, 0.25) is 0 Å². The maximum atomic E-state index is 13.5. The first-order chi connectivity index (χ1) is 15.3. The second-order valence-corrected chi connectivity index (χ2v) is 7.36. The Labute approximate surface area is 182 Å². The molecule has 1 fully saturated rings. The van der Waals surface area contributed by atoms with Crippen molar-refractivity contribution in [3.05, 3.63) is 111 Å². The third kappa shape index (κ3) is 3.62. The van der Waals surface area contributed by atoms with E-state index >= 15 is 0 Å². The summed E-state index contributed by atoms with van der Waals surface area (Å²) >= 11 is 0. The summed E-state index contributed by atoms with van der Waals surface area (Å²) in [5.41, 5.74) is 1.29. The van der Waals surface area contributed by atoms with Gasteiger partial charge >= 0.3 is 0 Å². The first kappa shape index (κ1) is 20.9. The predicted octanol–water partition coefficient (Wildman–Crippen LogP) is 4.67. The number of hydrogen-bond acceptors (Lipinski definition) is 5. The summed E-state index contributed by atoms with van der Waals surface area (Å²) in [7, 11) is 0. The van der Waals surface area contributed by atoms with Crippen LogP contribution in [-0.2, 0) is 9.59 Å². The molecule has 1 aliphatic rings. The van der Waals surface area contributed by atoms with Crippen LogP contribution in [0.5, 0.6) is 0 Å². The molecule has 7 nitrogen and oxygen atoms in total. The van der Waals surface area contributed by atoms with Crippen LogP contribution < -0.4 is 4.90 Å². The highest BCUT2D eigenvalue weighted by molar-refractivity contribution is 6.51. The van der Waals surface area contributed by atoms with E-state index in [1.807, 2.05) is 6.92 Å². The lowest BCUT2D eigenvalue weighted by molar-refractivity contribution is -0.384. The number of carbonyl (C=O) groups is 2. The fraction of sp³-hybridized carbons (Fsp3) is 0.0833. The molecule has 1 amide bonds.